The van der Waals surface area contributed by atoms with Crippen molar-refractivity contribution < 1.29 is 9.16 Å². The van der Waals surface area contributed by atoms with Crippen LogP contribution in [-0.2, 0) is 15.6 Å². The summed E-state index contributed by atoms with van der Waals surface area (Å²) in [6, 6.07) is 10.8. The standard InChI is InChI=1S/C22H40O2Si/c1-9-23-19(4)15-21(16-20-13-11-10-12-14-20)17-24-25(7,8)22(5,6)18(2)3/h10-14,18-19,21H,9,15-17H2,1-8H3/t19-,21-/m0/s1. The molecule has 0 aliphatic rings. The van der Waals surface area contributed by atoms with Crippen molar-refractivity contribution >= 4 is 8.32 Å². The second kappa shape index (κ2) is 9.89. The molecule has 0 saturated carbocycles. The normalized spacial score (nSPS) is 15.4. The third kappa shape index (κ3) is 6.88. The van der Waals surface area contributed by atoms with E-state index >= 15 is 0 Å². The molecule has 0 saturated heterocycles. The fourth-order valence-corrected chi connectivity index (χ4v) is 5.60. The molecule has 1 aromatic carbocycles. The maximum Gasteiger partial charge on any atom is 0.192 e. The molecule has 0 bridgehead atoms. The first-order valence-corrected chi connectivity index (χ1v) is 12.8. The molecule has 0 unspecified atom stereocenters. The zero-order chi connectivity index (χ0) is 19.1. The molecule has 2 nitrogen and oxygen atoms in total. The molecule has 0 N–H and O–H groups in total. The molecule has 0 heterocycles. The van der Waals surface area contributed by atoms with E-state index < -0.39 is 8.32 Å². The minimum atomic E-state index is -1.78. The number of hydrogen-bond acceptors (Lipinski definition) is 2. The molecule has 0 aliphatic heterocycles. The van der Waals surface area contributed by atoms with Crippen LogP contribution < -0.4 is 0 Å². The maximum atomic E-state index is 6.65. The van der Waals surface area contributed by atoms with Crippen LogP contribution in [0.5, 0.6) is 0 Å². The highest BCUT2D eigenvalue weighted by Crippen LogP contribution is 2.44. The Bertz CT molecular complexity index is 482. The minimum Gasteiger partial charge on any atom is -0.417 e. The molecule has 0 aromatic heterocycles. The van der Waals surface area contributed by atoms with Crippen LogP contribution in [0.15, 0.2) is 30.3 Å². The van der Waals surface area contributed by atoms with E-state index in [1.165, 1.54) is 5.56 Å². The van der Waals surface area contributed by atoms with Gasteiger partial charge in [0.15, 0.2) is 8.32 Å². The lowest BCUT2D eigenvalue weighted by molar-refractivity contribution is 0.0493. The summed E-state index contributed by atoms with van der Waals surface area (Å²) in [5.74, 6) is 1.13. The second-order valence-electron chi connectivity index (χ2n) is 8.76. The van der Waals surface area contributed by atoms with Gasteiger partial charge < -0.3 is 9.16 Å². The highest BCUT2D eigenvalue weighted by atomic mass is 28.4. The quantitative estimate of drug-likeness (QED) is 0.428. The van der Waals surface area contributed by atoms with Crippen LogP contribution in [0.2, 0.25) is 18.1 Å². The first-order chi connectivity index (χ1) is 11.6. The number of benzene rings is 1. The zero-order valence-corrected chi connectivity index (χ0v) is 18.8. The highest BCUT2D eigenvalue weighted by molar-refractivity contribution is 6.74. The minimum absolute atomic E-state index is 0.260. The van der Waals surface area contributed by atoms with Gasteiger partial charge in [-0.1, -0.05) is 58.0 Å². The topological polar surface area (TPSA) is 18.5 Å². The van der Waals surface area contributed by atoms with Crippen molar-refractivity contribution in [3.05, 3.63) is 35.9 Å². The van der Waals surface area contributed by atoms with E-state index in [2.05, 4.69) is 85.0 Å². The molecule has 1 aromatic rings. The lowest BCUT2D eigenvalue weighted by atomic mass is 9.95. The van der Waals surface area contributed by atoms with Crippen molar-refractivity contribution in [2.45, 2.75) is 78.6 Å². The summed E-state index contributed by atoms with van der Waals surface area (Å²) in [5.41, 5.74) is 1.39. The summed E-state index contributed by atoms with van der Waals surface area (Å²) in [4.78, 5) is 0. The smallest absolute Gasteiger partial charge is 0.192 e. The Labute approximate surface area is 157 Å². The van der Waals surface area contributed by atoms with Crippen LogP contribution in [0.3, 0.4) is 0 Å². The highest BCUT2D eigenvalue weighted by Gasteiger charge is 2.43. The lowest BCUT2D eigenvalue weighted by Crippen LogP contribution is -2.46. The number of hydrogen-bond donors (Lipinski definition) is 0. The number of rotatable bonds is 11. The van der Waals surface area contributed by atoms with Crippen molar-refractivity contribution in [1.82, 2.24) is 0 Å². The Morgan fingerprint density at radius 3 is 2.16 bits per heavy atom. The molecular formula is C22H40O2Si. The zero-order valence-electron chi connectivity index (χ0n) is 17.8. The monoisotopic (exact) mass is 364 g/mol. The van der Waals surface area contributed by atoms with E-state index in [0.29, 0.717) is 11.8 Å². The van der Waals surface area contributed by atoms with Gasteiger partial charge in [-0.15, -0.1) is 0 Å². The van der Waals surface area contributed by atoms with E-state index in [1.807, 2.05) is 0 Å². The van der Waals surface area contributed by atoms with E-state index in [9.17, 15) is 0 Å². The van der Waals surface area contributed by atoms with Gasteiger partial charge in [-0.05, 0) is 62.2 Å². The van der Waals surface area contributed by atoms with E-state index in [4.69, 9.17) is 9.16 Å². The van der Waals surface area contributed by atoms with Crippen LogP contribution in [0.25, 0.3) is 0 Å². The molecule has 2 atom stereocenters. The van der Waals surface area contributed by atoms with Gasteiger partial charge in [0.2, 0.25) is 0 Å². The Balaban J connectivity index is 2.78. The van der Waals surface area contributed by atoms with Crippen molar-refractivity contribution in [2.24, 2.45) is 11.8 Å². The fourth-order valence-electron chi connectivity index (χ4n) is 3.19. The molecule has 25 heavy (non-hydrogen) atoms. The van der Waals surface area contributed by atoms with Gasteiger partial charge >= 0.3 is 0 Å². The third-order valence-electron chi connectivity index (χ3n) is 6.16. The average Bonchev–Trinajstić information content (AvgIpc) is 2.53. The van der Waals surface area contributed by atoms with Gasteiger partial charge in [-0.3, -0.25) is 0 Å². The van der Waals surface area contributed by atoms with E-state index in [-0.39, 0.29) is 11.1 Å². The molecule has 144 valence electrons. The van der Waals surface area contributed by atoms with E-state index in [0.717, 1.165) is 26.1 Å². The molecule has 1 rings (SSSR count). The largest absolute Gasteiger partial charge is 0.417 e. The second-order valence-corrected chi connectivity index (χ2v) is 13.4. The van der Waals surface area contributed by atoms with Crippen LogP contribution >= 0.6 is 0 Å². The van der Waals surface area contributed by atoms with Crippen LogP contribution in [0, 0.1) is 11.8 Å². The van der Waals surface area contributed by atoms with Gasteiger partial charge in [-0.25, -0.2) is 0 Å². The Morgan fingerprint density at radius 1 is 1.04 bits per heavy atom. The van der Waals surface area contributed by atoms with Crippen LogP contribution in [0.4, 0.5) is 0 Å². The van der Waals surface area contributed by atoms with Gasteiger partial charge in [0.25, 0.3) is 0 Å². The molecule has 0 radical (unpaired) electrons. The summed E-state index contributed by atoms with van der Waals surface area (Å²) >= 11 is 0. The summed E-state index contributed by atoms with van der Waals surface area (Å²) in [7, 11) is -1.78. The predicted octanol–water partition coefficient (Wildman–Crippen LogP) is 6.32. The van der Waals surface area contributed by atoms with E-state index in [1.54, 1.807) is 0 Å². The SMILES string of the molecule is CCO[C@@H](C)C[C@H](CO[Si](C)(C)C(C)(C)C(C)C)Cc1ccccc1. The van der Waals surface area contributed by atoms with Crippen LogP contribution in [-0.4, -0.2) is 27.6 Å². The summed E-state index contributed by atoms with van der Waals surface area (Å²) in [6.45, 7) is 20.0. The number of ether oxygens (including phenoxy) is 1. The first-order valence-electron chi connectivity index (χ1n) is 9.89. The summed E-state index contributed by atoms with van der Waals surface area (Å²) < 4.78 is 12.5. The third-order valence-corrected chi connectivity index (χ3v) is 10.7. The van der Waals surface area contributed by atoms with Crippen molar-refractivity contribution in [3.63, 3.8) is 0 Å². The summed E-state index contributed by atoms with van der Waals surface area (Å²) in [5, 5.41) is 0.260. The Morgan fingerprint density at radius 2 is 1.64 bits per heavy atom. The maximum absolute atomic E-state index is 6.65. The van der Waals surface area contributed by atoms with Crippen LogP contribution in [0.1, 0.15) is 53.5 Å². The average molecular weight is 365 g/mol. The predicted molar refractivity (Wildman–Crippen MR) is 112 cm³/mol. The molecular weight excluding hydrogens is 324 g/mol. The van der Waals surface area contributed by atoms with Crippen molar-refractivity contribution in [3.8, 4) is 0 Å². The Kier molecular flexibility index (Phi) is 8.86. The van der Waals surface area contributed by atoms with Crippen molar-refractivity contribution in [1.29, 1.82) is 0 Å². The first kappa shape index (κ1) is 22.4. The fraction of sp³-hybridized carbons (Fsp3) is 0.727. The van der Waals surface area contributed by atoms with Gasteiger partial charge in [0, 0.05) is 13.2 Å². The van der Waals surface area contributed by atoms with Crippen molar-refractivity contribution in [2.75, 3.05) is 13.2 Å². The summed E-state index contributed by atoms with van der Waals surface area (Å²) in [6.07, 6.45) is 2.39. The molecule has 0 spiro atoms. The van der Waals surface area contributed by atoms with Gasteiger partial charge in [0.05, 0.1) is 6.10 Å². The van der Waals surface area contributed by atoms with Gasteiger partial charge in [0.1, 0.15) is 0 Å². The van der Waals surface area contributed by atoms with Gasteiger partial charge in [-0.2, -0.15) is 0 Å². The molecule has 0 fully saturated rings. The molecule has 0 aliphatic carbocycles. The Hall–Kier alpha value is -0.643. The lowest BCUT2D eigenvalue weighted by Gasteiger charge is -2.43. The molecule has 0 amide bonds. The molecule has 3 heteroatoms.